The molecule has 1 aromatic carbocycles. The zero-order chi connectivity index (χ0) is 9.83. The average Bonchev–Trinajstić information content (AvgIpc) is 3.11. The number of fused-ring (bicyclic) bond motifs is 6. The topological polar surface area (TPSA) is 34.3 Å². The molecule has 3 aliphatic heterocycles. The predicted molar refractivity (Wildman–Crippen MR) is 52.5 cm³/mol. The average molecular weight is 204 g/mol. The van der Waals surface area contributed by atoms with E-state index in [0.29, 0.717) is 13.2 Å². The molecule has 15 heavy (non-hydrogen) atoms. The summed E-state index contributed by atoms with van der Waals surface area (Å²) in [6.07, 6.45) is 1.02. The van der Waals surface area contributed by atoms with Gasteiger partial charge in [-0.05, 0) is 11.1 Å². The van der Waals surface area contributed by atoms with Crippen molar-refractivity contribution in [2.75, 3.05) is 13.2 Å². The molecule has 78 valence electrons. The minimum atomic E-state index is 0.250. The van der Waals surface area contributed by atoms with Gasteiger partial charge in [0.2, 0.25) is 0 Å². The van der Waals surface area contributed by atoms with Gasteiger partial charge in [0.25, 0.3) is 0 Å². The van der Waals surface area contributed by atoms with Crippen molar-refractivity contribution in [3.63, 3.8) is 0 Å². The Hall–Kier alpha value is -0.900. The maximum Gasteiger partial charge on any atom is 0.112 e. The molecule has 3 heteroatoms. The van der Waals surface area contributed by atoms with E-state index in [1.807, 2.05) is 0 Å². The van der Waals surface area contributed by atoms with Gasteiger partial charge in [0.1, 0.15) is 24.4 Å². The molecule has 1 aromatic rings. The molecule has 2 saturated heterocycles. The fourth-order valence-electron chi connectivity index (χ4n) is 2.34. The minimum Gasteiger partial charge on any atom is -0.376 e. The van der Waals surface area contributed by atoms with Crippen LogP contribution >= 0.6 is 0 Å². The molecular formula is C12H12O3. The van der Waals surface area contributed by atoms with E-state index in [9.17, 15) is 0 Å². The van der Waals surface area contributed by atoms with Crippen LogP contribution in [0.3, 0.4) is 0 Å². The lowest BCUT2D eigenvalue weighted by Gasteiger charge is -2.04. The molecule has 2 fully saturated rings. The van der Waals surface area contributed by atoms with Crippen LogP contribution in [-0.4, -0.2) is 25.4 Å². The van der Waals surface area contributed by atoms with Crippen LogP contribution in [-0.2, 0) is 14.2 Å². The summed E-state index contributed by atoms with van der Waals surface area (Å²) in [6, 6.07) is 8.53. The lowest BCUT2D eigenvalue weighted by Crippen LogP contribution is -2.09. The Morgan fingerprint density at radius 2 is 1.53 bits per heavy atom. The van der Waals surface area contributed by atoms with Crippen molar-refractivity contribution in [3.8, 4) is 0 Å². The van der Waals surface area contributed by atoms with Crippen molar-refractivity contribution < 1.29 is 14.2 Å². The first kappa shape index (κ1) is 8.28. The van der Waals surface area contributed by atoms with Crippen LogP contribution in [0.4, 0.5) is 0 Å². The highest BCUT2D eigenvalue weighted by atomic mass is 16.6. The summed E-state index contributed by atoms with van der Waals surface area (Å²) in [5, 5.41) is 0. The Labute approximate surface area is 87.9 Å². The van der Waals surface area contributed by atoms with Crippen LogP contribution < -0.4 is 0 Å². The van der Waals surface area contributed by atoms with Crippen molar-refractivity contribution in [1.29, 1.82) is 0 Å². The molecule has 0 spiro atoms. The molecule has 0 aliphatic carbocycles. The van der Waals surface area contributed by atoms with Crippen molar-refractivity contribution >= 4 is 0 Å². The fraction of sp³-hybridized carbons (Fsp3) is 0.500. The van der Waals surface area contributed by atoms with Crippen molar-refractivity contribution in [2.45, 2.75) is 24.4 Å². The largest absolute Gasteiger partial charge is 0.376 e. The third-order valence-electron chi connectivity index (χ3n) is 3.30. The number of hydrogen-bond donors (Lipinski definition) is 0. The van der Waals surface area contributed by atoms with Crippen molar-refractivity contribution in [1.82, 2.24) is 0 Å². The zero-order valence-corrected chi connectivity index (χ0v) is 8.26. The standard InChI is InChI=1S/C12H12O3/c1-2-7-4-8(3-1)12-10(15-12)6-13-5-9-11(7)14-9/h1-4,9-12H,5-6H2. The molecule has 0 saturated carbocycles. The predicted octanol–water partition coefficient (Wildman–Crippen LogP) is 1.60. The zero-order valence-electron chi connectivity index (χ0n) is 8.26. The van der Waals surface area contributed by atoms with Gasteiger partial charge in [-0.25, -0.2) is 0 Å². The van der Waals surface area contributed by atoms with E-state index >= 15 is 0 Å². The van der Waals surface area contributed by atoms with E-state index in [1.54, 1.807) is 0 Å². The lowest BCUT2D eigenvalue weighted by molar-refractivity contribution is 0.102. The number of rotatable bonds is 0. The molecule has 3 aliphatic rings. The molecule has 3 nitrogen and oxygen atoms in total. The molecule has 4 rings (SSSR count). The van der Waals surface area contributed by atoms with Crippen LogP contribution in [0.1, 0.15) is 23.3 Å². The molecule has 0 amide bonds. The summed E-state index contributed by atoms with van der Waals surface area (Å²) >= 11 is 0. The molecule has 0 radical (unpaired) electrons. The van der Waals surface area contributed by atoms with Crippen LogP contribution in [0, 0.1) is 0 Å². The summed E-state index contributed by atoms with van der Waals surface area (Å²) in [4.78, 5) is 0. The van der Waals surface area contributed by atoms with Crippen molar-refractivity contribution in [2.24, 2.45) is 0 Å². The first-order valence-electron chi connectivity index (χ1n) is 5.40. The highest BCUT2D eigenvalue weighted by Crippen LogP contribution is 2.44. The Kier molecular flexibility index (Phi) is 1.55. The van der Waals surface area contributed by atoms with Crippen LogP contribution in [0.25, 0.3) is 0 Å². The number of benzene rings is 1. The number of ether oxygens (including phenoxy) is 3. The molecule has 0 N–H and O–H groups in total. The molecule has 2 bridgehead atoms. The smallest absolute Gasteiger partial charge is 0.112 e. The van der Waals surface area contributed by atoms with E-state index < -0.39 is 0 Å². The van der Waals surface area contributed by atoms with Crippen molar-refractivity contribution in [3.05, 3.63) is 35.4 Å². The molecule has 3 heterocycles. The minimum absolute atomic E-state index is 0.250. The van der Waals surface area contributed by atoms with Gasteiger partial charge in [-0.1, -0.05) is 24.3 Å². The summed E-state index contributed by atoms with van der Waals surface area (Å²) < 4.78 is 16.7. The third-order valence-corrected chi connectivity index (χ3v) is 3.30. The Morgan fingerprint density at radius 3 is 2.13 bits per heavy atom. The number of hydrogen-bond acceptors (Lipinski definition) is 3. The van der Waals surface area contributed by atoms with E-state index in [0.717, 1.165) is 0 Å². The molecule has 4 atom stereocenters. The summed E-state index contributed by atoms with van der Waals surface area (Å²) in [7, 11) is 0. The maximum absolute atomic E-state index is 5.57. The van der Waals surface area contributed by atoms with Gasteiger partial charge in [0.15, 0.2) is 0 Å². The number of epoxide rings is 2. The van der Waals surface area contributed by atoms with E-state index in [1.165, 1.54) is 11.1 Å². The summed E-state index contributed by atoms with van der Waals surface area (Å²) in [5.74, 6) is 0. The molecule has 4 unspecified atom stereocenters. The lowest BCUT2D eigenvalue weighted by atomic mass is 10.0. The van der Waals surface area contributed by atoms with Crippen LogP contribution in [0.15, 0.2) is 24.3 Å². The summed E-state index contributed by atoms with van der Waals surface area (Å²) in [6.45, 7) is 1.39. The van der Waals surface area contributed by atoms with Crippen LogP contribution in [0.5, 0.6) is 0 Å². The first-order valence-corrected chi connectivity index (χ1v) is 5.40. The first-order chi connectivity index (χ1) is 7.42. The van der Waals surface area contributed by atoms with E-state index in [4.69, 9.17) is 14.2 Å². The second-order valence-electron chi connectivity index (χ2n) is 4.40. The second-order valence-corrected chi connectivity index (χ2v) is 4.40. The van der Waals surface area contributed by atoms with Gasteiger partial charge in [-0.15, -0.1) is 0 Å². The second kappa shape index (κ2) is 2.82. The summed E-state index contributed by atoms with van der Waals surface area (Å²) in [5.41, 5.74) is 2.52. The van der Waals surface area contributed by atoms with Gasteiger partial charge < -0.3 is 14.2 Å². The fourth-order valence-corrected chi connectivity index (χ4v) is 2.34. The Balaban J connectivity index is 1.74. The van der Waals surface area contributed by atoms with Gasteiger partial charge in [0.05, 0.1) is 13.2 Å². The third kappa shape index (κ3) is 1.31. The SMILES string of the molecule is c1cc2cc(c1)C1OC1COCC1OC21. The van der Waals surface area contributed by atoms with Gasteiger partial charge >= 0.3 is 0 Å². The quantitative estimate of drug-likeness (QED) is 0.602. The Morgan fingerprint density at radius 1 is 0.933 bits per heavy atom. The van der Waals surface area contributed by atoms with E-state index in [-0.39, 0.29) is 24.4 Å². The highest BCUT2D eigenvalue weighted by Gasteiger charge is 2.45. The normalized spacial score (nSPS) is 41.3. The van der Waals surface area contributed by atoms with Gasteiger partial charge in [-0.3, -0.25) is 0 Å². The maximum atomic E-state index is 5.57. The van der Waals surface area contributed by atoms with Gasteiger partial charge in [-0.2, -0.15) is 0 Å². The monoisotopic (exact) mass is 204 g/mol. The van der Waals surface area contributed by atoms with Crippen LogP contribution in [0.2, 0.25) is 0 Å². The molecular weight excluding hydrogens is 192 g/mol. The van der Waals surface area contributed by atoms with E-state index in [2.05, 4.69) is 24.3 Å². The molecule has 0 aromatic heterocycles. The van der Waals surface area contributed by atoms with Gasteiger partial charge in [0, 0.05) is 0 Å². The Bertz CT molecular complexity index is 370. The highest BCUT2D eigenvalue weighted by molar-refractivity contribution is 5.32.